The number of nitrogens with zero attached hydrogens (tertiary/aromatic N) is 2. The van der Waals surface area contributed by atoms with Crippen LogP contribution in [0.3, 0.4) is 0 Å². The number of ether oxygens (including phenoxy) is 1. The molecule has 0 bridgehead atoms. The molecule has 1 aliphatic rings. The number of anilines is 1. The number of fused-ring (bicyclic) bond motifs is 1. The van der Waals surface area contributed by atoms with E-state index in [4.69, 9.17) is 4.74 Å². The van der Waals surface area contributed by atoms with Gasteiger partial charge in [-0.1, -0.05) is 6.07 Å². The normalized spacial score (nSPS) is 13.2. The molecule has 1 aromatic carbocycles. The van der Waals surface area contributed by atoms with Crippen molar-refractivity contribution in [1.29, 1.82) is 0 Å². The van der Waals surface area contributed by atoms with E-state index < -0.39 is 0 Å². The predicted molar refractivity (Wildman–Crippen MR) is 77.1 cm³/mol. The number of aromatic nitrogens is 1. The van der Waals surface area contributed by atoms with Gasteiger partial charge in [-0.2, -0.15) is 0 Å². The lowest BCUT2D eigenvalue weighted by Gasteiger charge is -2.16. The van der Waals surface area contributed by atoms with Crippen LogP contribution in [-0.4, -0.2) is 23.5 Å². The lowest BCUT2D eigenvalue weighted by Crippen LogP contribution is -2.23. The number of hydrogen-bond acceptors (Lipinski definition) is 4. The van der Waals surface area contributed by atoms with E-state index in [1.165, 1.54) is 0 Å². The number of esters is 1. The highest BCUT2D eigenvalue weighted by Gasteiger charge is 2.28. The zero-order chi connectivity index (χ0) is 14.8. The van der Waals surface area contributed by atoms with Crippen LogP contribution in [-0.2, 0) is 11.3 Å². The maximum atomic E-state index is 12.4. The minimum absolute atomic E-state index is 0.0980. The topological polar surface area (TPSA) is 59.5 Å². The van der Waals surface area contributed by atoms with Gasteiger partial charge in [-0.3, -0.25) is 9.78 Å². The Bertz CT molecular complexity index is 712. The highest BCUT2D eigenvalue weighted by molar-refractivity contribution is 6.10. The van der Waals surface area contributed by atoms with E-state index >= 15 is 0 Å². The summed E-state index contributed by atoms with van der Waals surface area (Å²) < 4.78 is 4.98. The number of rotatable bonds is 3. The second-order valence-corrected chi connectivity index (χ2v) is 4.69. The number of hydrogen-bond donors (Lipinski definition) is 0. The van der Waals surface area contributed by atoms with Gasteiger partial charge in [-0.25, -0.2) is 4.79 Å². The molecule has 0 N–H and O–H groups in total. The van der Waals surface area contributed by atoms with Crippen molar-refractivity contribution in [2.45, 2.75) is 13.5 Å². The monoisotopic (exact) mass is 282 g/mol. The average Bonchev–Trinajstić information content (AvgIpc) is 2.85. The summed E-state index contributed by atoms with van der Waals surface area (Å²) in [5.41, 5.74) is 2.67. The summed E-state index contributed by atoms with van der Waals surface area (Å²) in [7, 11) is 0. The van der Waals surface area contributed by atoms with Crippen LogP contribution in [0.4, 0.5) is 5.69 Å². The summed E-state index contributed by atoms with van der Waals surface area (Å²) in [6, 6.07) is 8.74. The lowest BCUT2D eigenvalue weighted by molar-refractivity contribution is 0.0526. The molecule has 1 aromatic heterocycles. The van der Waals surface area contributed by atoms with Gasteiger partial charge >= 0.3 is 5.97 Å². The Labute approximate surface area is 122 Å². The largest absolute Gasteiger partial charge is 0.462 e. The predicted octanol–water partition coefficient (Wildman–Crippen LogP) is 2.42. The summed E-state index contributed by atoms with van der Waals surface area (Å²) in [4.78, 5) is 29.8. The summed E-state index contributed by atoms with van der Waals surface area (Å²) >= 11 is 0. The number of amides is 1. The number of pyridine rings is 1. The van der Waals surface area contributed by atoms with Crippen molar-refractivity contribution in [3.8, 4) is 0 Å². The van der Waals surface area contributed by atoms with E-state index in [9.17, 15) is 9.59 Å². The molecular weight excluding hydrogens is 268 g/mol. The molecule has 5 heteroatoms. The molecule has 0 atom stereocenters. The molecule has 2 heterocycles. The van der Waals surface area contributed by atoms with E-state index in [2.05, 4.69) is 4.98 Å². The van der Waals surface area contributed by atoms with Gasteiger partial charge in [0.05, 0.1) is 24.3 Å². The standard InChI is InChI=1S/C16H14N2O3/c1-2-21-16(20)11-4-3-5-13(8-11)18-10-12-6-7-17-9-14(12)15(18)19/h3-9H,2,10H2,1H3. The van der Waals surface area contributed by atoms with Gasteiger partial charge in [-0.05, 0) is 36.8 Å². The Balaban J connectivity index is 1.91. The van der Waals surface area contributed by atoms with Gasteiger partial charge in [0.2, 0.25) is 0 Å². The molecule has 5 nitrogen and oxygen atoms in total. The van der Waals surface area contributed by atoms with Crippen molar-refractivity contribution in [3.63, 3.8) is 0 Å². The van der Waals surface area contributed by atoms with E-state index in [1.807, 2.05) is 6.07 Å². The molecule has 0 saturated heterocycles. The van der Waals surface area contributed by atoms with Crippen molar-refractivity contribution in [1.82, 2.24) is 4.98 Å². The SMILES string of the molecule is CCOC(=O)c1cccc(N2Cc3ccncc3C2=O)c1. The van der Waals surface area contributed by atoms with Crippen LogP contribution in [0.15, 0.2) is 42.7 Å². The highest BCUT2D eigenvalue weighted by Crippen LogP contribution is 2.28. The third kappa shape index (κ3) is 2.38. The molecule has 0 spiro atoms. The van der Waals surface area contributed by atoms with Crippen LogP contribution in [0.25, 0.3) is 0 Å². The lowest BCUT2D eigenvalue weighted by atomic mass is 10.2. The van der Waals surface area contributed by atoms with Crippen molar-refractivity contribution in [2.75, 3.05) is 11.5 Å². The number of carbonyl (C=O) groups is 2. The molecule has 106 valence electrons. The molecule has 1 aliphatic heterocycles. The molecular formula is C16H14N2O3. The van der Waals surface area contributed by atoms with Gasteiger partial charge in [0, 0.05) is 18.1 Å². The maximum absolute atomic E-state index is 12.4. The molecule has 0 aliphatic carbocycles. The minimum atomic E-state index is -0.384. The number of benzene rings is 1. The first kappa shape index (κ1) is 13.3. The fraction of sp³-hybridized carbons (Fsp3) is 0.188. The molecule has 21 heavy (non-hydrogen) atoms. The summed E-state index contributed by atoms with van der Waals surface area (Å²) in [6.45, 7) is 2.57. The maximum Gasteiger partial charge on any atom is 0.338 e. The second-order valence-electron chi connectivity index (χ2n) is 4.69. The molecule has 0 saturated carbocycles. The van der Waals surface area contributed by atoms with Gasteiger partial charge < -0.3 is 9.64 Å². The number of carbonyl (C=O) groups excluding carboxylic acids is 2. The first-order chi connectivity index (χ1) is 10.2. The van der Waals surface area contributed by atoms with Gasteiger partial charge in [0.1, 0.15) is 0 Å². The zero-order valence-electron chi connectivity index (χ0n) is 11.6. The third-order valence-corrected chi connectivity index (χ3v) is 3.38. The summed E-state index contributed by atoms with van der Waals surface area (Å²) in [5, 5.41) is 0. The van der Waals surface area contributed by atoms with Crippen LogP contribution < -0.4 is 4.90 Å². The van der Waals surface area contributed by atoms with E-state index in [-0.39, 0.29) is 11.9 Å². The smallest absolute Gasteiger partial charge is 0.338 e. The third-order valence-electron chi connectivity index (χ3n) is 3.38. The fourth-order valence-electron chi connectivity index (χ4n) is 2.37. The van der Waals surface area contributed by atoms with Crippen molar-refractivity contribution in [3.05, 3.63) is 59.4 Å². The average molecular weight is 282 g/mol. The van der Waals surface area contributed by atoms with Crippen LogP contribution in [0.1, 0.15) is 33.2 Å². The molecule has 0 fully saturated rings. The minimum Gasteiger partial charge on any atom is -0.462 e. The molecule has 2 aromatic rings. The van der Waals surface area contributed by atoms with Crippen LogP contribution >= 0.6 is 0 Å². The fourth-order valence-corrected chi connectivity index (χ4v) is 2.37. The van der Waals surface area contributed by atoms with Gasteiger partial charge in [0.25, 0.3) is 5.91 Å². The second kappa shape index (κ2) is 5.36. The molecule has 3 rings (SSSR count). The van der Waals surface area contributed by atoms with Gasteiger partial charge in [-0.15, -0.1) is 0 Å². The first-order valence-corrected chi connectivity index (χ1v) is 6.72. The molecule has 0 unspecified atom stereocenters. The summed E-state index contributed by atoms with van der Waals surface area (Å²) in [5.74, 6) is -0.482. The Morgan fingerprint density at radius 1 is 1.38 bits per heavy atom. The Hall–Kier alpha value is -2.69. The summed E-state index contributed by atoms with van der Waals surface area (Å²) in [6.07, 6.45) is 3.25. The van der Waals surface area contributed by atoms with E-state index in [0.717, 1.165) is 5.56 Å². The van der Waals surface area contributed by atoms with Crippen molar-refractivity contribution < 1.29 is 14.3 Å². The van der Waals surface area contributed by atoms with Crippen LogP contribution in [0.2, 0.25) is 0 Å². The van der Waals surface area contributed by atoms with Crippen molar-refractivity contribution >= 4 is 17.6 Å². The Morgan fingerprint density at radius 2 is 2.24 bits per heavy atom. The molecule has 1 amide bonds. The molecule has 0 radical (unpaired) electrons. The van der Waals surface area contributed by atoms with E-state index in [1.54, 1.807) is 48.5 Å². The Morgan fingerprint density at radius 3 is 3.00 bits per heavy atom. The van der Waals surface area contributed by atoms with Crippen LogP contribution in [0, 0.1) is 0 Å². The zero-order valence-corrected chi connectivity index (χ0v) is 11.6. The van der Waals surface area contributed by atoms with Crippen LogP contribution in [0.5, 0.6) is 0 Å². The Kier molecular flexibility index (Phi) is 3.39. The van der Waals surface area contributed by atoms with Crippen molar-refractivity contribution in [2.24, 2.45) is 0 Å². The van der Waals surface area contributed by atoms with Gasteiger partial charge in [0.15, 0.2) is 0 Å². The van der Waals surface area contributed by atoms with E-state index in [0.29, 0.717) is 30.0 Å². The highest BCUT2D eigenvalue weighted by atomic mass is 16.5. The first-order valence-electron chi connectivity index (χ1n) is 6.72. The quantitative estimate of drug-likeness (QED) is 0.811.